The fraction of sp³-hybridized carbons (Fsp3) is 0.735. The summed E-state index contributed by atoms with van der Waals surface area (Å²) in [7, 11) is 0. The minimum absolute atomic E-state index is 0.0511. The third-order valence-electron chi connectivity index (χ3n) is 10.8. The highest BCUT2D eigenvalue weighted by molar-refractivity contribution is 5.90. The van der Waals surface area contributed by atoms with Gasteiger partial charge in [0.2, 0.25) is 0 Å². The van der Waals surface area contributed by atoms with Gasteiger partial charge in [0.15, 0.2) is 0 Å². The van der Waals surface area contributed by atoms with Gasteiger partial charge in [0.1, 0.15) is 6.10 Å². The maximum absolute atomic E-state index is 12.4. The lowest BCUT2D eigenvalue weighted by molar-refractivity contribution is -0.140. The van der Waals surface area contributed by atoms with E-state index in [4.69, 9.17) is 4.74 Å². The lowest BCUT2D eigenvalue weighted by Crippen LogP contribution is -2.38. The molecule has 4 rings (SSSR count). The molecule has 0 spiro atoms. The van der Waals surface area contributed by atoms with Crippen LogP contribution in [-0.2, 0) is 9.53 Å². The van der Waals surface area contributed by atoms with Crippen LogP contribution in [0.15, 0.2) is 47.6 Å². The summed E-state index contributed by atoms with van der Waals surface area (Å²) in [6.07, 6.45) is 12.3. The number of ether oxygens (including phenoxy) is 1. The number of aliphatic hydroxyl groups is 3. The van der Waals surface area contributed by atoms with Crippen LogP contribution >= 0.6 is 0 Å². The molecule has 1 aliphatic heterocycles. The molecule has 3 saturated carbocycles. The number of carbonyl (C=O) groups is 1. The molecule has 5 heteroatoms. The topological polar surface area (TPSA) is 87.0 Å². The third kappa shape index (κ3) is 6.16. The van der Waals surface area contributed by atoms with Gasteiger partial charge in [-0.1, -0.05) is 58.6 Å². The highest BCUT2D eigenvalue weighted by Crippen LogP contribution is 2.60. The average molecular weight is 541 g/mol. The summed E-state index contributed by atoms with van der Waals surface area (Å²) < 4.78 is 5.85. The van der Waals surface area contributed by atoms with E-state index in [-0.39, 0.29) is 35.9 Å². The van der Waals surface area contributed by atoms with Crippen molar-refractivity contribution in [2.75, 3.05) is 6.61 Å². The summed E-state index contributed by atoms with van der Waals surface area (Å²) in [6, 6.07) is 0. The highest BCUT2D eigenvalue weighted by Gasteiger charge is 2.52. The summed E-state index contributed by atoms with van der Waals surface area (Å²) in [5.74, 6) is 1.76. The molecule has 3 N–H and O–H groups in total. The molecule has 0 aromatic carbocycles. The second-order valence-corrected chi connectivity index (χ2v) is 13.7. The third-order valence-corrected chi connectivity index (χ3v) is 10.8. The Morgan fingerprint density at radius 1 is 1.10 bits per heavy atom. The first-order valence-corrected chi connectivity index (χ1v) is 15.4. The summed E-state index contributed by atoms with van der Waals surface area (Å²) >= 11 is 0. The summed E-state index contributed by atoms with van der Waals surface area (Å²) in [6.45, 7) is 17.5. The number of carbonyl (C=O) groups excluding carboxylic acids is 1. The first-order valence-electron chi connectivity index (χ1n) is 15.4. The standard InChI is InChI=1S/C34H52O5/c1-20(2)17-27-23(5)33(38)39-31(27)18-21(3)28-13-14-29-24(9-7-15-34(28,29)6)11-12-25-19-30(36)26(10-8-16-35)32(37)22(25)4/h11-12,20-21,26-32,35-37H,4-5,7-10,13-19H2,1-3,6H3/b24-11+,25-12-/t21-,26+,27+,28-,29+,30-,31+,32-,34-/m1/s1. The normalized spacial score (nSPS) is 40.0. The van der Waals surface area contributed by atoms with E-state index in [0.29, 0.717) is 54.1 Å². The smallest absolute Gasteiger partial charge is 0.334 e. The molecule has 1 heterocycles. The zero-order valence-electron chi connectivity index (χ0n) is 24.7. The van der Waals surface area contributed by atoms with Crippen molar-refractivity contribution in [2.24, 2.45) is 40.9 Å². The monoisotopic (exact) mass is 540 g/mol. The minimum atomic E-state index is -0.765. The van der Waals surface area contributed by atoms with Gasteiger partial charge in [-0.15, -0.1) is 0 Å². The molecule has 9 atom stereocenters. The molecule has 0 bridgehead atoms. The molecule has 0 unspecified atom stereocenters. The summed E-state index contributed by atoms with van der Waals surface area (Å²) in [5, 5.41) is 30.7. The van der Waals surface area contributed by atoms with Crippen LogP contribution in [0.25, 0.3) is 0 Å². The number of esters is 1. The van der Waals surface area contributed by atoms with Crippen LogP contribution < -0.4 is 0 Å². The van der Waals surface area contributed by atoms with Crippen molar-refractivity contribution in [3.8, 4) is 0 Å². The van der Waals surface area contributed by atoms with E-state index in [9.17, 15) is 20.1 Å². The average Bonchev–Trinajstić information content (AvgIpc) is 3.36. The molecule has 0 aromatic heterocycles. The maximum Gasteiger partial charge on any atom is 0.334 e. The Hall–Kier alpha value is -1.69. The van der Waals surface area contributed by atoms with Crippen molar-refractivity contribution in [1.82, 2.24) is 0 Å². The van der Waals surface area contributed by atoms with E-state index >= 15 is 0 Å². The van der Waals surface area contributed by atoms with Crippen LogP contribution in [0.1, 0.15) is 91.9 Å². The van der Waals surface area contributed by atoms with Crippen LogP contribution in [-0.4, -0.2) is 46.2 Å². The number of rotatable bonds is 9. The molecule has 0 amide bonds. The van der Waals surface area contributed by atoms with Crippen LogP contribution in [0, 0.1) is 40.9 Å². The zero-order chi connectivity index (χ0) is 28.5. The molecule has 3 aliphatic carbocycles. The number of allylic oxidation sites excluding steroid dienone is 3. The Labute approximate surface area is 236 Å². The molecule has 0 radical (unpaired) electrons. The molecule has 39 heavy (non-hydrogen) atoms. The molecular formula is C34H52O5. The van der Waals surface area contributed by atoms with Crippen molar-refractivity contribution in [2.45, 2.75) is 110 Å². The van der Waals surface area contributed by atoms with E-state index < -0.39 is 12.2 Å². The Morgan fingerprint density at radius 3 is 2.54 bits per heavy atom. The van der Waals surface area contributed by atoms with Gasteiger partial charge in [-0.2, -0.15) is 0 Å². The molecular weight excluding hydrogens is 488 g/mol. The number of hydrogen-bond donors (Lipinski definition) is 3. The van der Waals surface area contributed by atoms with Gasteiger partial charge >= 0.3 is 5.97 Å². The Balaban J connectivity index is 1.46. The van der Waals surface area contributed by atoms with Crippen molar-refractivity contribution >= 4 is 5.97 Å². The fourth-order valence-corrected chi connectivity index (χ4v) is 8.66. The Bertz CT molecular complexity index is 992. The number of fused-ring (bicyclic) bond motifs is 1. The van der Waals surface area contributed by atoms with Gasteiger partial charge in [0.25, 0.3) is 0 Å². The van der Waals surface area contributed by atoms with Crippen molar-refractivity contribution in [3.63, 3.8) is 0 Å². The first kappa shape index (κ1) is 30.3. The molecule has 4 fully saturated rings. The first-order chi connectivity index (χ1) is 18.5. The van der Waals surface area contributed by atoms with Crippen molar-refractivity contribution < 1.29 is 24.9 Å². The number of hydrogen-bond acceptors (Lipinski definition) is 5. The number of aliphatic hydroxyl groups excluding tert-OH is 3. The van der Waals surface area contributed by atoms with Gasteiger partial charge < -0.3 is 20.1 Å². The van der Waals surface area contributed by atoms with Gasteiger partial charge in [-0.05, 0) is 104 Å². The highest BCUT2D eigenvalue weighted by atomic mass is 16.6. The molecule has 4 aliphatic rings. The fourth-order valence-electron chi connectivity index (χ4n) is 8.66. The quantitative estimate of drug-likeness (QED) is 0.236. The van der Waals surface area contributed by atoms with E-state index in [0.717, 1.165) is 24.8 Å². The van der Waals surface area contributed by atoms with Crippen molar-refractivity contribution in [1.29, 1.82) is 0 Å². The Morgan fingerprint density at radius 2 is 1.85 bits per heavy atom. The zero-order valence-corrected chi connectivity index (χ0v) is 24.7. The van der Waals surface area contributed by atoms with E-state index in [1.54, 1.807) is 0 Å². The van der Waals surface area contributed by atoms with E-state index in [1.165, 1.54) is 31.3 Å². The van der Waals surface area contributed by atoms with E-state index in [2.05, 4.69) is 53.0 Å². The lowest BCUT2D eigenvalue weighted by Gasteiger charge is -2.45. The van der Waals surface area contributed by atoms with Gasteiger partial charge in [-0.3, -0.25) is 0 Å². The van der Waals surface area contributed by atoms with Crippen LogP contribution in [0.5, 0.6) is 0 Å². The van der Waals surface area contributed by atoms with Crippen LogP contribution in [0.4, 0.5) is 0 Å². The second kappa shape index (κ2) is 12.4. The largest absolute Gasteiger partial charge is 0.458 e. The van der Waals surface area contributed by atoms with Crippen LogP contribution in [0.2, 0.25) is 0 Å². The molecule has 218 valence electrons. The predicted octanol–water partition coefficient (Wildman–Crippen LogP) is 6.30. The van der Waals surface area contributed by atoms with Gasteiger partial charge in [0.05, 0.1) is 12.2 Å². The van der Waals surface area contributed by atoms with E-state index in [1.807, 2.05) is 0 Å². The SMILES string of the molecule is C=C1/C(=C\C=C2/CCC[C@]3(C)[C@@H]([C@H](C)C[C@@H]4OC(=O)C(=C)[C@@H]4CC(C)C)CC[C@@H]23)C[C@@H](O)[C@H](CCCO)[C@@H]1O. The minimum Gasteiger partial charge on any atom is -0.458 e. The second-order valence-electron chi connectivity index (χ2n) is 13.7. The number of cyclic esters (lactones) is 1. The van der Waals surface area contributed by atoms with Crippen molar-refractivity contribution in [3.05, 3.63) is 47.6 Å². The molecule has 0 aromatic rings. The summed E-state index contributed by atoms with van der Waals surface area (Å²) in [4.78, 5) is 12.4. The van der Waals surface area contributed by atoms with Gasteiger partial charge in [-0.25, -0.2) is 4.79 Å². The van der Waals surface area contributed by atoms with Gasteiger partial charge in [0, 0.05) is 24.0 Å². The Kier molecular flexibility index (Phi) is 9.66. The maximum atomic E-state index is 12.4. The predicted molar refractivity (Wildman–Crippen MR) is 156 cm³/mol. The molecule has 5 nitrogen and oxygen atoms in total. The lowest BCUT2D eigenvalue weighted by atomic mass is 9.60. The summed E-state index contributed by atoms with van der Waals surface area (Å²) in [5.41, 5.74) is 4.03. The molecule has 1 saturated heterocycles. The van der Waals surface area contributed by atoms with Crippen LogP contribution in [0.3, 0.4) is 0 Å².